The van der Waals surface area contributed by atoms with Crippen molar-refractivity contribution >= 4 is 11.8 Å². The van der Waals surface area contributed by atoms with E-state index >= 15 is 0 Å². The van der Waals surface area contributed by atoms with Gasteiger partial charge in [-0.2, -0.15) is 5.10 Å². The average Bonchev–Trinajstić information content (AvgIpc) is 3.29. The van der Waals surface area contributed by atoms with Crippen LogP contribution in [-0.2, 0) is 4.74 Å². The molecule has 1 atom stereocenters. The first-order valence-electron chi connectivity index (χ1n) is 8.00. The summed E-state index contributed by atoms with van der Waals surface area (Å²) in [4.78, 5) is 17.3. The third kappa shape index (κ3) is 2.91. The van der Waals surface area contributed by atoms with Crippen molar-refractivity contribution in [3.05, 3.63) is 60.8 Å². The molecule has 1 N–H and O–H groups in total. The van der Waals surface area contributed by atoms with Crippen molar-refractivity contribution in [3.8, 4) is 16.9 Å². The molecule has 3 aromatic rings. The molecule has 132 valence electrons. The van der Waals surface area contributed by atoms with Gasteiger partial charge in [0.05, 0.1) is 30.7 Å². The van der Waals surface area contributed by atoms with Crippen molar-refractivity contribution in [1.29, 1.82) is 0 Å². The molecule has 1 aliphatic rings. The second kappa shape index (κ2) is 6.57. The van der Waals surface area contributed by atoms with Crippen LogP contribution in [0.25, 0.3) is 16.9 Å². The number of hydrogen-bond donors (Lipinski definition) is 1. The summed E-state index contributed by atoms with van der Waals surface area (Å²) in [6.45, 7) is -0.0912. The predicted molar refractivity (Wildman–Crippen MR) is 91.5 cm³/mol. The second-order valence-electron chi connectivity index (χ2n) is 5.82. The lowest BCUT2D eigenvalue weighted by Crippen LogP contribution is -2.25. The van der Waals surface area contributed by atoms with Crippen molar-refractivity contribution in [2.24, 2.45) is 0 Å². The summed E-state index contributed by atoms with van der Waals surface area (Å²) in [7, 11) is 0. The van der Waals surface area contributed by atoms with E-state index in [9.17, 15) is 9.18 Å². The Morgan fingerprint density at radius 1 is 1.31 bits per heavy atom. The Hall–Kier alpha value is -3.26. The number of aromatic nitrogens is 3. The number of rotatable bonds is 4. The van der Waals surface area contributed by atoms with Crippen LogP contribution in [0.5, 0.6) is 0 Å². The number of nitrogens with zero attached hydrogens (tertiary/aromatic N) is 4. The molecule has 1 amide bonds. The van der Waals surface area contributed by atoms with E-state index in [-0.39, 0.29) is 18.8 Å². The second-order valence-corrected chi connectivity index (χ2v) is 5.82. The average molecular weight is 354 g/mol. The van der Waals surface area contributed by atoms with E-state index in [0.29, 0.717) is 5.69 Å². The normalized spacial score (nSPS) is 16.8. The van der Waals surface area contributed by atoms with Crippen LogP contribution in [0.15, 0.2) is 55.0 Å². The van der Waals surface area contributed by atoms with Crippen LogP contribution in [0.1, 0.15) is 0 Å². The summed E-state index contributed by atoms with van der Waals surface area (Å²) in [6, 6.07) is 9.93. The van der Waals surface area contributed by atoms with E-state index in [1.54, 1.807) is 30.7 Å². The van der Waals surface area contributed by atoms with Crippen molar-refractivity contribution < 1.29 is 19.0 Å². The first kappa shape index (κ1) is 16.2. The number of hydrogen-bond acceptors (Lipinski definition) is 5. The monoisotopic (exact) mass is 354 g/mol. The van der Waals surface area contributed by atoms with Gasteiger partial charge in [-0.3, -0.25) is 9.88 Å². The van der Waals surface area contributed by atoms with E-state index < -0.39 is 18.0 Å². The molecular weight excluding hydrogens is 339 g/mol. The quantitative estimate of drug-likeness (QED) is 0.778. The van der Waals surface area contributed by atoms with Crippen molar-refractivity contribution in [2.75, 3.05) is 18.1 Å². The summed E-state index contributed by atoms with van der Waals surface area (Å²) in [5.74, 6) is -0.529. The number of carbonyl (C=O) groups excluding carboxylic acids is 1. The molecule has 0 spiro atoms. The molecule has 1 saturated heterocycles. The molecule has 1 fully saturated rings. The Labute approximate surface area is 148 Å². The lowest BCUT2D eigenvalue weighted by Gasteiger charge is -2.14. The molecule has 3 heterocycles. The fourth-order valence-corrected chi connectivity index (χ4v) is 2.80. The van der Waals surface area contributed by atoms with Gasteiger partial charge in [0.1, 0.15) is 11.8 Å². The maximum atomic E-state index is 14.6. The highest BCUT2D eigenvalue weighted by Crippen LogP contribution is 2.26. The zero-order chi connectivity index (χ0) is 18.1. The number of pyridine rings is 1. The zero-order valence-corrected chi connectivity index (χ0v) is 13.6. The van der Waals surface area contributed by atoms with Gasteiger partial charge in [0, 0.05) is 18.0 Å². The van der Waals surface area contributed by atoms with Gasteiger partial charge < -0.3 is 9.84 Å². The first-order valence-corrected chi connectivity index (χ1v) is 8.00. The predicted octanol–water partition coefficient (Wildman–Crippen LogP) is 2.39. The highest BCUT2D eigenvalue weighted by atomic mass is 19.1. The van der Waals surface area contributed by atoms with Crippen LogP contribution in [0.4, 0.5) is 14.9 Å². The third-order valence-electron chi connectivity index (χ3n) is 4.11. The Balaban J connectivity index is 1.61. The van der Waals surface area contributed by atoms with Crippen molar-refractivity contribution in [3.63, 3.8) is 0 Å². The van der Waals surface area contributed by atoms with Gasteiger partial charge in [0.25, 0.3) is 0 Å². The molecule has 0 bridgehead atoms. The molecule has 0 radical (unpaired) electrons. The van der Waals surface area contributed by atoms with Crippen LogP contribution in [0, 0.1) is 5.82 Å². The lowest BCUT2D eigenvalue weighted by atomic mass is 10.2. The SMILES string of the molecule is O=C1O[C@@H](CO)CN1c1ccc(-n2cc(-c3ccccn3)cn2)c(F)c1. The van der Waals surface area contributed by atoms with Gasteiger partial charge in [0.15, 0.2) is 5.82 Å². The maximum absolute atomic E-state index is 14.6. The number of cyclic esters (lactones) is 1. The molecule has 0 aliphatic carbocycles. The summed E-state index contributed by atoms with van der Waals surface area (Å²) in [6.07, 6.45) is 3.77. The van der Waals surface area contributed by atoms with E-state index in [1.165, 1.54) is 15.6 Å². The molecule has 4 rings (SSSR count). The van der Waals surface area contributed by atoms with Crippen LogP contribution in [0.3, 0.4) is 0 Å². The Bertz CT molecular complexity index is 945. The Morgan fingerprint density at radius 3 is 2.88 bits per heavy atom. The van der Waals surface area contributed by atoms with Crippen LogP contribution >= 0.6 is 0 Å². The van der Waals surface area contributed by atoms with Gasteiger partial charge >= 0.3 is 6.09 Å². The minimum atomic E-state index is -0.604. The number of carbonyl (C=O) groups is 1. The number of aliphatic hydroxyl groups excluding tert-OH is 1. The standard InChI is InChI=1S/C18H15FN4O3/c19-15-7-13(22-10-14(11-24)26-18(22)25)4-5-17(15)23-9-12(8-21-23)16-3-1-2-6-20-16/h1-9,14,24H,10-11H2/t14-/m1/s1. The minimum Gasteiger partial charge on any atom is -0.441 e. The maximum Gasteiger partial charge on any atom is 0.414 e. The van der Waals surface area contributed by atoms with Crippen LogP contribution in [0.2, 0.25) is 0 Å². The molecule has 0 unspecified atom stereocenters. The molecule has 1 aromatic carbocycles. The third-order valence-corrected chi connectivity index (χ3v) is 4.11. The summed E-state index contributed by atoms with van der Waals surface area (Å²) in [5.41, 5.74) is 2.13. The summed E-state index contributed by atoms with van der Waals surface area (Å²) < 4.78 is 21.0. The van der Waals surface area contributed by atoms with Gasteiger partial charge in [0.2, 0.25) is 0 Å². The first-order chi connectivity index (χ1) is 12.7. The van der Waals surface area contributed by atoms with E-state index in [4.69, 9.17) is 9.84 Å². The fourth-order valence-electron chi connectivity index (χ4n) is 2.80. The summed E-state index contributed by atoms with van der Waals surface area (Å²) >= 11 is 0. The van der Waals surface area contributed by atoms with E-state index in [0.717, 1.165) is 11.3 Å². The smallest absolute Gasteiger partial charge is 0.414 e. The van der Waals surface area contributed by atoms with Gasteiger partial charge in [-0.25, -0.2) is 13.9 Å². The van der Waals surface area contributed by atoms with Crippen LogP contribution < -0.4 is 4.90 Å². The number of anilines is 1. The number of aliphatic hydroxyl groups is 1. The number of halogens is 1. The number of benzene rings is 1. The molecule has 26 heavy (non-hydrogen) atoms. The topological polar surface area (TPSA) is 80.5 Å². The van der Waals surface area contributed by atoms with E-state index in [1.807, 2.05) is 18.2 Å². The van der Waals surface area contributed by atoms with E-state index in [2.05, 4.69) is 10.1 Å². The van der Waals surface area contributed by atoms with Crippen LogP contribution in [-0.4, -0.2) is 45.2 Å². The van der Waals surface area contributed by atoms with Crippen molar-refractivity contribution in [2.45, 2.75) is 6.10 Å². The molecule has 8 heteroatoms. The minimum absolute atomic E-state index is 0.180. The highest BCUT2D eigenvalue weighted by molar-refractivity contribution is 5.89. The Morgan fingerprint density at radius 2 is 2.19 bits per heavy atom. The highest BCUT2D eigenvalue weighted by Gasteiger charge is 2.32. The van der Waals surface area contributed by atoms with Gasteiger partial charge in [-0.1, -0.05) is 6.07 Å². The molecular formula is C18H15FN4O3. The molecule has 0 saturated carbocycles. The molecule has 1 aliphatic heterocycles. The number of ether oxygens (including phenoxy) is 1. The van der Waals surface area contributed by atoms with Gasteiger partial charge in [-0.05, 0) is 30.3 Å². The summed E-state index contributed by atoms with van der Waals surface area (Å²) in [5, 5.41) is 13.3. The number of amides is 1. The lowest BCUT2D eigenvalue weighted by molar-refractivity contribution is 0.0963. The van der Waals surface area contributed by atoms with Crippen molar-refractivity contribution in [1.82, 2.24) is 14.8 Å². The van der Waals surface area contributed by atoms with Gasteiger partial charge in [-0.15, -0.1) is 0 Å². The molecule has 7 nitrogen and oxygen atoms in total. The largest absolute Gasteiger partial charge is 0.441 e. The fraction of sp³-hybridized carbons (Fsp3) is 0.167. The zero-order valence-electron chi connectivity index (χ0n) is 13.6. The molecule has 2 aromatic heterocycles. The Kier molecular flexibility index (Phi) is 4.10.